The standard InChI is InChI=1S/C30H43N7O7S/c1-5-37(12-14-38)13-18-45(40,41)26-20-24(42-3)23(19-25(26)43-4)35-36-28-21(2)27(31)29(32-11-16-44-17-15-39)34-30(28)33-22-9-7-6-8-10-22/h6-10,19-20,38-39H,5,11-18,31H2,1-4H3,(H2,32,33,34)/b36-35+. The Bertz CT molecular complexity index is 1520. The van der Waals surface area contributed by atoms with Gasteiger partial charge in [0.05, 0.1) is 52.1 Å². The van der Waals surface area contributed by atoms with Crippen molar-refractivity contribution in [2.45, 2.75) is 18.7 Å². The molecule has 15 heteroatoms. The second-order valence-corrected chi connectivity index (χ2v) is 11.9. The van der Waals surface area contributed by atoms with Crippen LogP contribution in [0.1, 0.15) is 12.5 Å². The lowest BCUT2D eigenvalue weighted by atomic mass is 10.2. The van der Waals surface area contributed by atoms with Crippen molar-refractivity contribution in [3.05, 3.63) is 48.0 Å². The molecule has 0 unspecified atom stereocenters. The van der Waals surface area contributed by atoms with E-state index >= 15 is 0 Å². The minimum atomic E-state index is -3.78. The number of ether oxygens (including phenoxy) is 3. The number of nitrogens with zero attached hydrogens (tertiary/aromatic N) is 4. The summed E-state index contributed by atoms with van der Waals surface area (Å²) in [6, 6.07) is 12.2. The quantitative estimate of drug-likeness (QED) is 0.0940. The number of aliphatic hydroxyl groups excluding tert-OH is 2. The Labute approximate surface area is 264 Å². The molecule has 3 rings (SSSR count). The van der Waals surface area contributed by atoms with Gasteiger partial charge in [-0.3, -0.25) is 0 Å². The van der Waals surface area contributed by atoms with Crippen LogP contribution in [0.5, 0.6) is 11.5 Å². The van der Waals surface area contributed by atoms with E-state index in [9.17, 15) is 13.5 Å². The molecule has 1 aromatic heterocycles. The highest BCUT2D eigenvalue weighted by Crippen LogP contribution is 2.41. The molecule has 14 nitrogen and oxygen atoms in total. The molecule has 0 aliphatic rings. The van der Waals surface area contributed by atoms with Crippen molar-refractivity contribution < 1.29 is 32.8 Å². The lowest BCUT2D eigenvalue weighted by Crippen LogP contribution is -2.31. The van der Waals surface area contributed by atoms with Crippen molar-refractivity contribution >= 4 is 44.2 Å². The Morgan fingerprint density at radius 2 is 1.71 bits per heavy atom. The van der Waals surface area contributed by atoms with E-state index < -0.39 is 9.84 Å². The third-order valence-corrected chi connectivity index (χ3v) is 8.58. The SMILES string of the molecule is CCN(CCO)CCS(=O)(=O)c1cc(OC)c(/N=N/c2c(Nc3ccccc3)nc(NCCOCCO)c(N)c2C)cc1OC. The number of pyridine rings is 1. The number of azo groups is 1. The molecule has 0 amide bonds. The summed E-state index contributed by atoms with van der Waals surface area (Å²) in [5, 5.41) is 33.5. The Hall–Kier alpha value is -4.02. The zero-order valence-corrected chi connectivity index (χ0v) is 26.9. The molecule has 3 aromatic rings. The highest BCUT2D eigenvalue weighted by atomic mass is 32.2. The maximum atomic E-state index is 13.3. The molecule has 0 bridgehead atoms. The van der Waals surface area contributed by atoms with Gasteiger partial charge in [-0.25, -0.2) is 13.4 Å². The van der Waals surface area contributed by atoms with E-state index in [1.165, 1.54) is 26.4 Å². The van der Waals surface area contributed by atoms with Crippen LogP contribution in [0.15, 0.2) is 57.6 Å². The summed E-state index contributed by atoms with van der Waals surface area (Å²) >= 11 is 0. The second kappa shape index (κ2) is 17.5. The maximum Gasteiger partial charge on any atom is 0.183 e. The number of likely N-dealkylation sites (N-methyl/N-ethyl adjacent to an activating group) is 1. The van der Waals surface area contributed by atoms with Gasteiger partial charge in [0.25, 0.3) is 0 Å². The van der Waals surface area contributed by atoms with Crippen LogP contribution in [0.4, 0.5) is 34.4 Å². The van der Waals surface area contributed by atoms with Crippen molar-refractivity contribution in [3.63, 3.8) is 0 Å². The van der Waals surface area contributed by atoms with Crippen LogP contribution in [0.2, 0.25) is 0 Å². The van der Waals surface area contributed by atoms with Crippen molar-refractivity contribution in [2.24, 2.45) is 10.2 Å². The van der Waals surface area contributed by atoms with Gasteiger partial charge in [-0.15, -0.1) is 10.2 Å². The molecule has 246 valence electrons. The Morgan fingerprint density at radius 1 is 0.978 bits per heavy atom. The van der Waals surface area contributed by atoms with E-state index in [1.807, 2.05) is 42.2 Å². The van der Waals surface area contributed by atoms with Crippen molar-refractivity contribution in [1.82, 2.24) is 9.88 Å². The summed E-state index contributed by atoms with van der Waals surface area (Å²) in [5.74, 6) is 0.900. The molecule has 0 aliphatic carbocycles. The number of benzene rings is 2. The van der Waals surface area contributed by atoms with Gasteiger partial charge >= 0.3 is 0 Å². The lowest BCUT2D eigenvalue weighted by molar-refractivity contribution is 0.0992. The summed E-state index contributed by atoms with van der Waals surface area (Å²) in [4.78, 5) is 6.49. The highest BCUT2D eigenvalue weighted by Gasteiger charge is 2.24. The van der Waals surface area contributed by atoms with E-state index in [1.54, 1.807) is 6.92 Å². The minimum Gasteiger partial charge on any atom is -0.495 e. The molecule has 0 fully saturated rings. The van der Waals surface area contributed by atoms with Crippen LogP contribution in [0.25, 0.3) is 0 Å². The van der Waals surface area contributed by atoms with Gasteiger partial charge in [-0.05, 0) is 25.6 Å². The number of nitrogens with two attached hydrogens (primary N) is 1. The zero-order chi connectivity index (χ0) is 32.8. The van der Waals surface area contributed by atoms with Crippen LogP contribution >= 0.6 is 0 Å². The first-order chi connectivity index (χ1) is 21.7. The predicted molar refractivity (Wildman–Crippen MR) is 174 cm³/mol. The molecule has 6 N–H and O–H groups in total. The molecule has 0 atom stereocenters. The molecule has 0 saturated heterocycles. The van der Waals surface area contributed by atoms with Crippen LogP contribution in [0, 0.1) is 6.92 Å². The first-order valence-corrected chi connectivity index (χ1v) is 16.1. The number of anilines is 4. The van der Waals surface area contributed by atoms with Gasteiger partial charge in [-0.1, -0.05) is 25.1 Å². The van der Waals surface area contributed by atoms with E-state index in [0.29, 0.717) is 54.8 Å². The van der Waals surface area contributed by atoms with Crippen molar-refractivity contribution in [2.75, 3.05) is 88.9 Å². The van der Waals surface area contributed by atoms with Gasteiger partial charge in [0.2, 0.25) is 0 Å². The molecular weight excluding hydrogens is 602 g/mol. The Morgan fingerprint density at radius 3 is 2.36 bits per heavy atom. The van der Waals surface area contributed by atoms with Crippen molar-refractivity contribution in [1.29, 1.82) is 0 Å². The number of aromatic nitrogens is 1. The molecule has 0 aliphatic heterocycles. The average Bonchev–Trinajstić information content (AvgIpc) is 3.04. The van der Waals surface area contributed by atoms with Crippen molar-refractivity contribution in [3.8, 4) is 11.5 Å². The molecule has 1 heterocycles. The minimum absolute atomic E-state index is 0.0345. The summed E-state index contributed by atoms with van der Waals surface area (Å²) in [7, 11) is -0.990. The number of para-hydroxylation sites is 1. The van der Waals surface area contributed by atoms with Gasteiger partial charge in [-0.2, -0.15) is 0 Å². The third-order valence-electron chi connectivity index (χ3n) is 6.87. The number of sulfone groups is 1. The Balaban J connectivity index is 2.00. The highest BCUT2D eigenvalue weighted by molar-refractivity contribution is 7.91. The zero-order valence-electron chi connectivity index (χ0n) is 26.1. The molecular formula is C30H43N7O7S. The topological polar surface area (TPSA) is 193 Å². The fourth-order valence-electron chi connectivity index (χ4n) is 4.33. The molecule has 0 spiro atoms. The second-order valence-electron chi connectivity index (χ2n) is 9.80. The van der Waals surface area contributed by atoms with E-state index in [-0.39, 0.29) is 54.2 Å². The number of aliphatic hydroxyl groups is 2. The fraction of sp³-hybridized carbons (Fsp3) is 0.433. The normalized spacial score (nSPS) is 11.7. The first-order valence-electron chi connectivity index (χ1n) is 14.5. The number of methoxy groups -OCH3 is 2. The monoisotopic (exact) mass is 645 g/mol. The average molecular weight is 646 g/mol. The van der Waals surface area contributed by atoms with Crippen LogP contribution in [-0.4, -0.2) is 101 Å². The molecule has 0 saturated carbocycles. The third kappa shape index (κ3) is 9.73. The van der Waals surface area contributed by atoms with Gasteiger partial charge in [0.15, 0.2) is 21.5 Å². The van der Waals surface area contributed by atoms with Gasteiger partial charge in [0.1, 0.15) is 27.8 Å². The number of nitrogen functional groups attached to an aromatic ring is 1. The van der Waals surface area contributed by atoms with E-state index in [2.05, 4.69) is 25.8 Å². The van der Waals surface area contributed by atoms with Crippen LogP contribution in [-0.2, 0) is 14.6 Å². The van der Waals surface area contributed by atoms with Gasteiger partial charge in [0, 0.05) is 43.0 Å². The Kier molecular flexibility index (Phi) is 13.8. The molecule has 0 radical (unpaired) electrons. The van der Waals surface area contributed by atoms with Crippen LogP contribution in [0.3, 0.4) is 0 Å². The summed E-state index contributed by atoms with van der Waals surface area (Å²) < 4.78 is 42.9. The summed E-state index contributed by atoms with van der Waals surface area (Å²) in [6.07, 6.45) is 0. The molecule has 45 heavy (non-hydrogen) atoms. The van der Waals surface area contributed by atoms with E-state index in [0.717, 1.165) is 5.69 Å². The lowest BCUT2D eigenvalue weighted by Gasteiger charge is -2.19. The van der Waals surface area contributed by atoms with Gasteiger partial charge < -0.3 is 45.7 Å². The predicted octanol–water partition coefficient (Wildman–Crippen LogP) is 3.66. The fourth-order valence-corrected chi connectivity index (χ4v) is 5.78. The number of rotatable bonds is 19. The molecule has 2 aromatic carbocycles. The maximum absolute atomic E-state index is 13.3. The number of nitrogens with one attached hydrogen (secondary N) is 2. The number of hydrogen-bond donors (Lipinski definition) is 5. The number of hydrogen-bond acceptors (Lipinski definition) is 14. The first kappa shape index (κ1) is 35.5. The van der Waals surface area contributed by atoms with E-state index in [4.69, 9.17) is 25.1 Å². The van der Waals surface area contributed by atoms with Crippen LogP contribution < -0.4 is 25.8 Å². The smallest absolute Gasteiger partial charge is 0.183 e. The largest absolute Gasteiger partial charge is 0.495 e. The summed E-state index contributed by atoms with van der Waals surface area (Å²) in [6.45, 7) is 5.77. The summed E-state index contributed by atoms with van der Waals surface area (Å²) in [5.41, 5.74) is 8.75.